The number of aryl methyl sites for hydroxylation is 1. The maximum Gasteiger partial charge on any atom is 0.254 e. The topological polar surface area (TPSA) is 49.9 Å². The number of amides is 2. The van der Waals surface area contributed by atoms with Gasteiger partial charge in [0.05, 0.1) is 6.04 Å². The zero-order valence-electron chi connectivity index (χ0n) is 19.7. The third kappa shape index (κ3) is 5.30. The van der Waals surface area contributed by atoms with Crippen LogP contribution in [0.1, 0.15) is 46.3 Å². The molecule has 0 N–H and O–H groups in total. The van der Waals surface area contributed by atoms with Crippen LogP contribution in [0.3, 0.4) is 0 Å². The maximum absolute atomic E-state index is 13.7. The van der Waals surface area contributed by atoms with Crippen molar-refractivity contribution in [1.82, 2.24) is 9.80 Å². The summed E-state index contributed by atoms with van der Waals surface area (Å²) in [5.41, 5.74) is 2.49. The van der Waals surface area contributed by atoms with Crippen molar-refractivity contribution in [3.05, 3.63) is 87.4 Å². The zero-order chi connectivity index (χ0) is 24.2. The summed E-state index contributed by atoms with van der Waals surface area (Å²) in [7, 11) is 0. The zero-order valence-corrected chi connectivity index (χ0v) is 20.5. The summed E-state index contributed by atoms with van der Waals surface area (Å²) in [6.45, 7) is 6.56. The number of thiophene rings is 1. The fourth-order valence-electron chi connectivity index (χ4n) is 4.20. The molecule has 178 valence electrons. The summed E-state index contributed by atoms with van der Waals surface area (Å²) in [6, 6.07) is 15.0. The minimum atomic E-state index is -0.477. The van der Waals surface area contributed by atoms with E-state index in [4.69, 9.17) is 4.74 Å². The summed E-state index contributed by atoms with van der Waals surface area (Å²) in [4.78, 5) is 31.2. The molecule has 0 saturated carbocycles. The predicted molar refractivity (Wildman–Crippen MR) is 132 cm³/mol. The normalized spacial score (nSPS) is 15.2. The molecule has 0 bridgehead atoms. The molecule has 1 aromatic heterocycles. The summed E-state index contributed by atoms with van der Waals surface area (Å²) in [5.74, 6) is -0.225. The summed E-state index contributed by atoms with van der Waals surface area (Å²) < 4.78 is 19.8. The van der Waals surface area contributed by atoms with Crippen LogP contribution in [0.4, 0.5) is 4.39 Å². The first-order chi connectivity index (χ1) is 16.3. The number of fused-ring (bicyclic) bond motifs is 1. The number of ether oxygens (including phenoxy) is 1. The van der Waals surface area contributed by atoms with Crippen molar-refractivity contribution in [3.63, 3.8) is 0 Å². The van der Waals surface area contributed by atoms with Crippen molar-refractivity contribution in [1.29, 1.82) is 0 Å². The third-order valence-electron chi connectivity index (χ3n) is 6.11. The predicted octanol–water partition coefficient (Wildman–Crippen LogP) is 5.25. The lowest BCUT2D eigenvalue weighted by Gasteiger charge is -2.37. The lowest BCUT2D eigenvalue weighted by atomic mass is 10.00. The van der Waals surface area contributed by atoms with Crippen molar-refractivity contribution in [2.75, 3.05) is 19.7 Å². The Labute approximate surface area is 203 Å². The first-order valence-corrected chi connectivity index (χ1v) is 12.3. The Morgan fingerprint density at radius 3 is 2.65 bits per heavy atom. The third-order valence-corrected chi connectivity index (χ3v) is 7.10. The number of carbonyl (C=O) groups is 2. The van der Waals surface area contributed by atoms with Gasteiger partial charge in [-0.2, -0.15) is 0 Å². The average Bonchev–Trinajstić information content (AvgIpc) is 3.30. The van der Waals surface area contributed by atoms with E-state index >= 15 is 0 Å². The van der Waals surface area contributed by atoms with Crippen molar-refractivity contribution in [2.45, 2.75) is 39.3 Å². The van der Waals surface area contributed by atoms with Crippen LogP contribution in [0, 0.1) is 12.7 Å². The van der Waals surface area contributed by atoms with E-state index in [1.54, 1.807) is 17.4 Å². The average molecular weight is 481 g/mol. The Hall–Kier alpha value is -3.19. The van der Waals surface area contributed by atoms with Gasteiger partial charge in [0.1, 0.15) is 24.7 Å². The smallest absolute Gasteiger partial charge is 0.254 e. The van der Waals surface area contributed by atoms with Crippen LogP contribution in [0.5, 0.6) is 5.75 Å². The molecule has 1 atom stereocenters. The van der Waals surface area contributed by atoms with Gasteiger partial charge >= 0.3 is 0 Å². The molecule has 1 aliphatic rings. The number of benzene rings is 2. The minimum absolute atomic E-state index is 0.0759. The lowest BCUT2D eigenvalue weighted by molar-refractivity contribution is -0.136. The quantitative estimate of drug-likeness (QED) is 0.464. The first-order valence-electron chi connectivity index (χ1n) is 11.4. The van der Waals surface area contributed by atoms with Crippen LogP contribution in [0.25, 0.3) is 0 Å². The van der Waals surface area contributed by atoms with E-state index in [0.29, 0.717) is 13.2 Å². The number of hydrogen-bond donors (Lipinski definition) is 0. The van der Waals surface area contributed by atoms with Crippen LogP contribution in [-0.2, 0) is 11.2 Å². The Morgan fingerprint density at radius 1 is 1.18 bits per heavy atom. The van der Waals surface area contributed by atoms with Crippen LogP contribution < -0.4 is 4.74 Å². The second kappa shape index (κ2) is 10.4. The van der Waals surface area contributed by atoms with Crippen molar-refractivity contribution in [2.24, 2.45) is 0 Å². The van der Waals surface area contributed by atoms with Crippen LogP contribution in [0.15, 0.2) is 60.0 Å². The van der Waals surface area contributed by atoms with Gasteiger partial charge in [0.2, 0.25) is 5.91 Å². The molecule has 2 heterocycles. The second-order valence-electron chi connectivity index (χ2n) is 8.81. The van der Waals surface area contributed by atoms with Gasteiger partial charge in [-0.3, -0.25) is 9.59 Å². The molecule has 2 amide bonds. The van der Waals surface area contributed by atoms with Crippen LogP contribution in [-0.4, -0.2) is 47.4 Å². The number of rotatable bonds is 7. The molecule has 0 spiro atoms. The molecule has 3 aromatic rings. The Bertz CT molecular complexity index is 1160. The number of nitrogens with zero attached hydrogens (tertiary/aromatic N) is 2. The molecule has 0 fully saturated rings. The van der Waals surface area contributed by atoms with E-state index in [0.717, 1.165) is 23.3 Å². The van der Waals surface area contributed by atoms with Crippen LogP contribution in [0.2, 0.25) is 0 Å². The number of carbonyl (C=O) groups excluding carboxylic acids is 2. The lowest BCUT2D eigenvalue weighted by Crippen LogP contribution is -2.49. The van der Waals surface area contributed by atoms with E-state index in [1.165, 1.54) is 28.0 Å². The van der Waals surface area contributed by atoms with Gasteiger partial charge < -0.3 is 14.5 Å². The molecule has 7 heteroatoms. The van der Waals surface area contributed by atoms with Gasteiger partial charge in [-0.05, 0) is 74.5 Å². The molecule has 2 aromatic carbocycles. The highest BCUT2D eigenvalue weighted by atomic mass is 32.1. The standard InChI is InChI=1S/C27H29FN2O3S/c1-18(2)30(27(32)20-5-4-6-21(28)15-20)16-26(31)29-13-11-25-23(12-14-34-25)24(29)17-33-22-9-7-19(3)8-10-22/h4-10,12,14-15,18,24H,11,13,16-17H2,1-3H3. The summed E-state index contributed by atoms with van der Waals surface area (Å²) >= 11 is 1.70. The largest absolute Gasteiger partial charge is 0.491 e. The van der Waals surface area contributed by atoms with E-state index in [1.807, 2.05) is 55.3 Å². The summed E-state index contributed by atoms with van der Waals surface area (Å²) in [5, 5.41) is 2.05. The van der Waals surface area contributed by atoms with Gasteiger partial charge in [0, 0.05) is 23.0 Å². The van der Waals surface area contributed by atoms with Crippen LogP contribution >= 0.6 is 11.3 Å². The van der Waals surface area contributed by atoms with Crippen molar-refractivity contribution in [3.8, 4) is 5.75 Å². The fourth-order valence-corrected chi connectivity index (χ4v) is 5.13. The van der Waals surface area contributed by atoms with Gasteiger partial charge in [-0.15, -0.1) is 11.3 Å². The SMILES string of the molecule is Cc1ccc(OCC2c3ccsc3CCN2C(=O)CN(C(=O)c2cccc(F)c2)C(C)C)cc1. The van der Waals surface area contributed by atoms with E-state index in [2.05, 4.69) is 6.07 Å². The minimum Gasteiger partial charge on any atom is -0.491 e. The molecule has 0 radical (unpaired) electrons. The van der Waals surface area contributed by atoms with Crippen molar-refractivity contribution < 1.29 is 18.7 Å². The highest BCUT2D eigenvalue weighted by Gasteiger charge is 2.34. The Balaban J connectivity index is 1.53. The number of hydrogen-bond acceptors (Lipinski definition) is 4. The Kier molecular flexibility index (Phi) is 7.32. The summed E-state index contributed by atoms with van der Waals surface area (Å²) in [6.07, 6.45) is 0.777. The molecule has 1 aliphatic heterocycles. The highest BCUT2D eigenvalue weighted by Crippen LogP contribution is 2.34. The van der Waals surface area contributed by atoms with Gasteiger partial charge in [0.15, 0.2) is 0 Å². The number of halogens is 1. The molecule has 1 unspecified atom stereocenters. The Morgan fingerprint density at radius 2 is 1.94 bits per heavy atom. The molecular formula is C27H29FN2O3S. The first kappa shape index (κ1) is 24.0. The van der Waals surface area contributed by atoms with Gasteiger partial charge in [0.25, 0.3) is 5.91 Å². The molecule has 34 heavy (non-hydrogen) atoms. The van der Waals surface area contributed by atoms with E-state index in [-0.39, 0.29) is 36.0 Å². The highest BCUT2D eigenvalue weighted by molar-refractivity contribution is 7.10. The van der Waals surface area contributed by atoms with E-state index in [9.17, 15) is 14.0 Å². The molecule has 5 nitrogen and oxygen atoms in total. The molecule has 0 aliphatic carbocycles. The monoisotopic (exact) mass is 480 g/mol. The molecule has 0 saturated heterocycles. The molecule has 4 rings (SSSR count). The molecular weight excluding hydrogens is 451 g/mol. The maximum atomic E-state index is 13.7. The fraction of sp³-hybridized carbons (Fsp3) is 0.333. The van der Waals surface area contributed by atoms with Gasteiger partial charge in [-0.1, -0.05) is 23.8 Å². The van der Waals surface area contributed by atoms with Gasteiger partial charge in [-0.25, -0.2) is 4.39 Å². The van der Waals surface area contributed by atoms with Crippen molar-refractivity contribution >= 4 is 23.2 Å². The van der Waals surface area contributed by atoms with E-state index < -0.39 is 5.82 Å². The second-order valence-corrected chi connectivity index (χ2v) is 9.81.